The zero-order valence-electron chi connectivity index (χ0n) is 13.8. The fraction of sp³-hybridized carbons (Fsp3) is 0.529. The van der Waals surface area contributed by atoms with Crippen molar-refractivity contribution in [1.82, 2.24) is 15.5 Å². The molecule has 1 saturated heterocycles. The van der Waals surface area contributed by atoms with Gasteiger partial charge in [0.15, 0.2) is 0 Å². The SMILES string of the molecule is CCNCC1CCN(C(=O)CNC(=O)c2ccc(Cl)c(Cl)c2)CC1. The van der Waals surface area contributed by atoms with E-state index in [-0.39, 0.29) is 18.4 Å². The van der Waals surface area contributed by atoms with Crippen molar-refractivity contribution < 1.29 is 9.59 Å². The average Bonchev–Trinajstić information content (AvgIpc) is 2.60. The summed E-state index contributed by atoms with van der Waals surface area (Å²) in [6.07, 6.45) is 2.00. The van der Waals surface area contributed by atoms with Gasteiger partial charge in [0.1, 0.15) is 0 Å². The molecule has 0 aliphatic carbocycles. The molecule has 0 unspecified atom stereocenters. The Morgan fingerprint density at radius 3 is 2.54 bits per heavy atom. The molecule has 1 heterocycles. The molecule has 1 aliphatic rings. The van der Waals surface area contributed by atoms with Crippen molar-refractivity contribution in [2.75, 3.05) is 32.7 Å². The second kappa shape index (κ2) is 9.25. The molecule has 2 rings (SSSR count). The van der Waals surface area contributed by atoms with Crippen molar-refractivity contribution in [3.05, 3.63) is 33.8 Å². The third-order valence-corrected chi connectivity index (χ3v) is 4.97. The second-order valence-corrected chi connectivity index (χ2v) is 6.76. The number of rotatable bonds is 6. The molecule has 0 saturated carbocycles. The molecule has 132 valence electrons. The molecular formula is C17H23Cl2N3O2. The quantitative estimate of drug-likeness (QED) is 0.807. The standard InChI is InChI=1S/C17H23Cl2N3O2/c1-2-20-10-12-5-7-22(8-6-12)16(23)11-21-17(24)13-3-4-14(18)15(19)9-13/h3-4,9,12,20H,2,5-8,10-11H2,1H3,(H,21,24). The summed E-state index contributed by atoms with van der Waals surface area (Å²) >= 11 is 11.7. The Bertz CT molecular complexity index is 587. The van der Waals surface area contributed by atoms with E-state index in [1.165, 1.54) is 6.07 Å². The maximum Gasteiger partial charge on any atom is 0.251 e. The van der Waals surface area contributed by atoms with E-state index >= 15 is 0 Å². The highest BCUT2D eigenvalue weighted by Gasteiger charge is 2.22. The van der Waals surface area contributed by atoms with Crippen LogP contribution in [0.1, 0.15) is 30.1 Å². The van der Waals surface area contributed by atoms with E-state index in [1.54, 1.807) is 12.1 Å². The van der Waals surface area contributed by atoms with Crippen molar-refractivity contribution in [2.45, 2.75) is 19.8 Å². The molecular weight excluding hydrogens is 349 g/mol. The van der Waals surface area contributed by atoms with Gasteiger partial charge in [0.05, 0.1) is 16.6 Å². The molecule has 0 spiro atoms. The first-order chi connectivity index (χ1) is 11.5. The summed E-state index contributed by atoms with van der Waals surface area (Å²) in [7, 11) is 0. The van der Waals surface area contributed by atoms with Crippen LogP contribution in [0.15, 0.2) is 18.2 Å². The molecule has 1 aliphatic heterocycles. The van der Waals surface area contributed by atoms with Crippen LogP contribution >= 0.6 is 23.2 Å². The fourth-order valence-electron chi connectivity index (χ4n) is 2.74. The van der Waals surface area contributed by atoms with Gasteiger partial charge in [-0.25, -0.2) is 0 Å². The van der Waals surface area contributed by atoms with Crippen LogP contribution in [0, 0.1) is 5.92 Å². The molecule has 0 bridgehead atoms. The third kappa shape index (κ3) is 5.36. The Balaban J connectivity index is 1.77. The number of halogens is 2. The maximum absolute atomic E-state index is 12.2. The Morgan fingerprint density at radius 2 is 1.92 bits per heavy atom. The van der Waals surface area contributed by atoms with Crippen LogP contribution in [0.3, 0.4) is 0 Å². The van der Waals surface area contributed by atoms with E-state index in [1.807, 2.05) is 4.90 Å². The third-order valence-electron chi connectivity index (χ3n) is 4.23. The van der Waals surface area contributed by atoms with Gasteiger partial charge >= 0.3 is 0 Å². The van der Waals surface area contributed by atoms with E-state index in [2.05, 4.69) is 17.6 Å². The minimum absolute atomic E-state index is 0.00302. The topological polar surface area (TPSA) is 61.4 Å². The summed E-state index contributed by atoms with van der Waals surface area (Å²) < 4.78 is 0. The van der Waals surface area contributed by atoms with E-state index in [9.17, 15) is 9.59 Å². The lowest BCUT2D eigenvalue weighted by molar-refractivity contribution is -0.131. The van der Waals surface area contributed by atoms with Crippen LogP contribution in [0.5, 0.6) is 0 Å². The summed E-state index contributed by atoms with van der Waals surface area (Å²) in [5, 5.41) is 6.70. The van der Waals surface area contributed by atoms with Crippen LogP contribution in [0.2, 0.25) is 10.0 Å². The first kappa shape index (κ1) is 19.0. The predicted molar refractivity (Wildman–Crippen MR) is 96.6 cm³/mol. The largest absolute Gasteiger partial charge is 0.343 e. The highest BCUT2D eigenvalue weighted by atomic mass is 35.5. The molecule has 24 heavy (non-hydrogen) atoms. The first-order valence-corrected chi connectivity index (χ1v) is 8.98. The Labute approximate surface area is 152 Å². The summed E-state index contributed by atoms with van der Waals surface area (Å²) in [6.45, 7) is 5.56. The summed E-state index contributed by atoms with van der Waals surface area (Å²) in [4.78, 5) is 26.1. The van der Waals surface area contributed by atoms with Gasteiger partial charge in [-0.2, -0.15) is 0 Å². The first-order valence-electron chi connectivity index (χ1n) is 8.23. The van der Waals surface area contributed by atoms with E-state index in [4.69, 9.17) is 23.2 Å². The van der Waals surface area contributed by atoms with Gasteiger partial charge in [-0.1, -0.05) is 30.1 Å². The molecule has 0 atom stereocenters. The van der Waals surface area contributed by atoms with Gasteiger partial charge in [0.25, 0.3) is 5.91 Å². The second-order valence-electron chi connectivity index (χ2n) is 5.94. The fourth-order valence-corrected chi connectivity index (χ4v) is 3.04. The number of carbonyl (C=O) groups excluding carboxylic acids is 2. The Hall–Kier alpha value is -1.30. The number of carbonyl (C=O) groups is 2. The van der Waals surface area contributed by atoms with Gasteiger partial charge < -0.3 is 15.5 Å². The molecule has 2 amide bonds. The monoisotopic (exact) mass is 371 g/mol. The van der Waals surface area contributed by atoms with Crippen LogP contribution in [0.25, 0.3) is 0 Å². The Morgan fingerprint density at radius 1 is 1.21 bits per heavy atom. The van der Waals surface area contributed by atoms with Gasteiger partial charge in [-0.05, 0) is 50.0 Å². The molecule has 1 fully saturated rings. The van der Waals surface area contributed by atoms with Crippen molar-refractivity contribution >= 4 is 35.0 Å². The van der Waals surface area contributed by atoms with Crippen LogP contribution in [-0.4, -0.2) is 49.4 Å². The number of hydrogen-bond donors (Lipinski definition) is 2. The average molecular weight is 372 g/mol. The Kier molecular flexibility index (Phi) is 7.34. The minimum Gasteiger partial charge on any atom is -0.343 e. The number of nitrogens with one attached hydrogen (secondary N) is 2. The number of hydrogen-bond acceptors (Lipinski definition) is 3. The molecule has 7 heteroatoms. The van der Waals surface area contributed by atoms with Gasteiger partial charge in [-0.3, -0.25) is 9.59 Å². The van der Waals surface area contributed by atoms with Gasteiger partial charge in [0, 0.05) is 18.7 Å². The van der Waals surface area contributed by atoms with Crippen molar-refractivity contribution in [3.63, 3.8) is 0 Å². The smallest absolute Gasteiger partial charge is 0.251 e. The number of amides is 2. The lowest BCUT2D eigenvalue weighted by atomic mass is 9.97. The lowest BCUT2D eigenvalue weighted by Gasteiger charge is -2.32. The van der Waals surface area contributed by atoms with Gasteiger partial charge in [0.2, 0.25) is 5.91 Å². The highest BCUT2D eigenvalue weighted by molar-refractivity contribution is 6.42. The zero-order chi connectivity index (χ0) is 17.5. The van der Waals surface area contributed by atoms with Gasteiger partial charge in [-0.15, -0.1) is 0 Å². The van der Waals surface area contributed by atoms with Crippen LogP contribution < -0.4 is 10.6 Å². The van der Waals surface area contributed by atoms with Crippen molar-refractivity contribution in [1.29, 1.82) is 0 Å². The number of piperidine rings is 1. The molecule has 1 aromatic carbocycles. The molecule has 0 radical (unpaired) electrons. The number of benzene rings is 1. The predicted octanol–water partition coefficient (Wildman–Crippen LogP) is 2.57. The molecule has 5 nitrogen and oxygen atoms in total. The normalized spacial score (nSPS) is 15.4. The number of nitrogens with zero attached hydrogens (tertiary/aromatic N) is 1. The number of likely N-dealkylation sites (tertiary alicyclic amines) is 1. The summed E-state index contributed by atoms with van der Waals surface area (Å²) in [5.74, 6) is 0.244. The molecule has 1 aromatic rings. The minimum atomic E-state index is -0.330. The van der Waals surface area contributed by atoms with Crippen molar-refractivity contribution in [3.8, 4) is 0 Å². The van der Waals surface area contributed by atoms with E-state index < -0.39 is 0 Å². The summed E-state index contributed by atoms with van der Waals surface area (Å²) in [6, 6.07) is 4.64. The lowest BCUT2D eigenvalue weighted by Crippen LogP contribution is -2.45. The van der Waals surface area contributed by atoms with E-state index in [0.717, 1.165) is 39.0 Å². The molecule has 2 N–H and O–H groups in total. The van der Waals surface area contributed by atoms with Crippen LogP contribution in [-0.2, 0) is 4.79 Å². The van der Waals surface area contributed by atoms with Crippen molar-refractivity contribution in [2.24, 2.45) is 5.92 Å². The summed E-state index contributed by atoms with van der Waals surface area (Å²) in [5.41, 5.74) is 0.390. The van der Waals surface area contributed by atoms with E-state index in [0.29, 0.717) is 21.5 Å². The molecule has 0 aromatic heterocycles. The van der Waals surface area contributed by atoms with Crippen LogP contribution in [0.4, 0.5) is 0 Å². The zero-order valence-corrected chi connectivity index (χ0v) is 15.3. The highest BCUT2D eigenvalue weighted by Crippen LogP contribution is 2.22. The maximum atomic E-state index is 12.2.